The van der Waals surface area contributed by atoms with Gasteiger partial charge in [-0.1, -0.05) is 0 Å². The lowest BCUT2D eigenvalue weighted by atomic mass is 10.2. The summed E-state index contributed by atoms with van der Waals surface area (Å²) in [7, 11) is 0. The zero-order chi connectivity index (χ0) is 14.0. The minimum Gasteiger partial charge on any atom is -0.394 e. The van der Waals surface area contributed by atoms with Crippen molar-refractivity contribution in [2.24, 2.45) is 0 Å². The lowest BCUT2D eigenvalue weighted by Crippen LogP contribution is -2.36. The van der Waals surface area contributed by atoms with Crippen LogP contribution in [-0.2, 0) is 4.74 Å². The molecule has 0 aromatic carbocycles. The number of nitriles is 1. The number of aromatic nitrogens is 2. The van der Waals surface area contributed by atoms with Crippen LogP contribution in [0.4, 0.5) is 0 Å². The highest BCUT2D eigenvalue weighted by Gasteiger charge is 2.45. The Morgan fingerprint density at radius 1 is 1.58 bits per heavy atom. The van der Waals surface area contributed by atoms with Gasteiger partial charge in [0, 0.05) is 12.3 Å². The standard InChI is InChI=1S/C10H11N3O5S/c11-4-19-8-7(16)5(3-14)18-9(8)13-2-1-6(15)12-10(13)17/h1-2,5,7-9,14,16H,3H2,(H,12,15,17)/t5-,7-,8-,9-/m1/s1. The largest absolute Gasteiger partial charge is 0.394 e. The average molecular weight is 285 g/mol. The maximum atomic E-state index is 11.7. The van der Waals surface area contributed by atoms with Crippen molar-refractivity contribution in [2.75, 3.05) is 6.61 Å². The second-order valence-electron chi connectivity index (χ2n) is 3.93. The van der Waals surface area contributed by atoms with Crippen LogP contribution in [0.5, 0.6) is 0 Å². The van der Waals surface area contributed by atoms with Gasteiger partial charge in [-0.15, -0.1) is 0 Å². The van der Waals surface area contributed by atoms with Crippen molar-refractivity contribution in [3.8, 4) is 5.40 Å². The summed E-state index contributed by atoms with van der Waals surface area (Å²) in [4.78, 5) is 24.7. The van der Waals surface area contributed by atoms with Gasteiger partial charge in [-0.25, -0.2) is 4.79 Å². The molecule has 4 atom stereocenters. The summed E-state index contributed by atoms with van der Waals surface area (Å²) in [6.45, 7) is -0.432. The van der Waals surface area contributed by atoms with Crippen molar-refractivity contribution in [1.29, 1.82) is 5.26 Å². The first-order valence-electron chi connectivity index (χ1n) is 5.39. The number of nitrogens with one attached hydrogen (secondary N) is 1. The molecule has 2 heterocycles. The number of aliphatic hydroxyl groups is 2. The Morgan fingerprint density at radius 3 is 2.89 bits per heavy atom. The summed E-state index contributed by atoms with van der Waals surface area (Å²) < 4.78 is 6.44. The Bertz CT molecular complexity index is 606. The summed E-state index contributed by atoms with van der Waals surface area (Å²) in [6.07, 6.45) is -1.67. The molecule has 0 aliphatic carbocycles. The van der Waals surface area contributed by atoms with Crippen LogP contribution in [0.2, 0.25) is 0 Å². The molecule has 0 spiro atoms. The number of rotatable bonds is 3. The summed E-state index contributed by atoms with van der Waals surface area (Å²) in [6, 6.07) is 1.14. The number of hydrogen-bond acceptors (Lipinski definition) is 7. The minimum atomic E-state index is -1.08. The SMILES string of the molecule is N#CS[C@@H]1[C@H](O)[C@@H](CO)O[C@H]1n1ccc(=O)[nH]c1=O. The number of thioether (sulfide) groups is 1. The monoisotopic (exact) mass is 285 g/mol. The van der Waals surface area contributed by atoms with Gasteiger partial charge in [0.15, 0.2) is 6.23 Å². The van der Waals surface area contributed by atoms with Gasteiger partial charge < -0.3 is 14.9 Å². The van der Waals surface area contributed by atoms with E-state index in [2.05, 4.69) is 4.98 Å². The molecular weight excluding hydrogens is 274 g/mol. The van der Waals surface area contributed by atoms with E-state index in [1.807, 2.05) is 5.40 Å². The van der Waals surface area contributed by atoms with Crippen LogP contribution in [-0.4, -0.2) is 43.8 Å². The molecule has 1 aromatic heterocycles. The number of aliphatic hydroxyl groups excluding tert-OH is 2. The lowest BCUT2D eigenvalue weighted by molar-refractivity contribution is -0.0457. The third-order valence-electron chi connectivity index (χ3n) is 2.81. The molecule has 1 aromatic rings. The molecule has 1 saturated heterocycles. The summed E-state index contributed by atoms with van der Waals surface area (Å²) in [5.74, 6) is 0. The van der Waals surface area contributed by atoms with Crippen molar-refractivity contribution in [2.45, 2.75) is 23.7 Å². The van der Waals surface area contributed by atoms with Gasteiger partial charge in [0.25, 0.3) is 5.56 Å². The molecule has 0 saturated carbocycles. The second kappa shape index (κ2) is 5.58. The molecule has 2 rings (SSSR count). The Labute approximate surface area is 111 Å². The molecule has 0 unspecified atom stereocenters. The summed E-state index contributed by atoms with van der Waals surface area (Å²) >= 11 is 0.750. The van der Waals surface area contributed by atoms with Crippen LogP contribution in [0.25, 0.3) is 0 Å². The molecule has 9 heteroatoms. The number of nitrogens with zero attached hydrogens (tertiary/aromatic N) is 2. The fourth-order valence-corrected chi connectivity index (χ4v) is 2.66. The molecule has 1 aliphatic heterocycles. The zero-order valence-corrected chi connectivity index (χ0v) is 10.4. The second-order valence-corrected chi connectivity index (χ2v) is 4.89. The van der Waals surface area contributed by atoms with Gasteiger partial charge in [0.2, 0.25) is 0 Å². The summed E-state index contributed by atoms with van der Waals surface area (Å²) in [5, 5.41) is 28.8. The molecule has 0 bridgehead atoms. The average Bonchev–Trinajstić information content (AvgIpc) is 2.68. The van der Waals surface area contributed by atoms with Crippen molar-refractivity contribution < 1.29 is 14.9 Å². The van der Waals surface area contributed by atoms with Gasteiger partial charge in [0.05, 0.1) is 18.0 Å². The Balaban J connectivity index is 2.39. The topological polar surface area (TPSA) is 128 Å². The van der Waals surface area contributed by atoms with Gasteiger partial charge in [-0.05, 0) is 11.8 Å². The molecule has 102 valence electrons. The number of hydrogen-bond donors (Lipinski definition) is 3. The predicted molar refractivity (Wildman–Crippen MR) is 65.3 cm³/mol. The third-order valence-corrected chi connectivity index (χ3v) is 3.70. The predicted octanol–water partition coefficient (Wildman–Crippen LogP) is -1.63. The quantitative estimate of drug-likeness (QED) is 0.569. The molecule has 19 heavy (non-hydrogen) atoms. The van der Waals surface area contributed by atoms with E-state index in [0.29, 0.717) is 0 Å². The van der Waals surface area contributed by atoms with Gasteiger partial charge >= 0.3 is 5.69 Å². The smallest absolute Gasteiger partial charge is 0.330 e. The van der Waals surface area contributed by atoms with E-state index < -0.39 is 41.5 Å². The molecule has 3 N–H and O–H groups in total. The highest BCUT2D eigenvalue weighted by molar-refractivity contribution is 8.04. The Kier molecular flexibility index (Phi) is 4.06. The first-order valence-corrected chi connectivity index (χ1v) is 6.27. The van der Waals surface area contributed by atoms with Gasteiger partial charge in [0.1, 0.15) is 11.5 Å². The van der Waals surface area contributed by atoms with Crippen LogP contribution in [0, 0.1) is 10.7 Å². The van der Waals surface area contributed by atoms with E-state index in [9.17, 15) is 14.7 Å². The van der Waals surface area contributed by atoms with Crippen molar-refractivity contribution in [1.82, 2.24) is 9.55 Å². The number of H-pyrrole nitrogens is 1. The Morgan fingerprint density at radius 2 is 2.32 bits per heavy atom. The van der Waals surface area contributed by atoms with E-state index >= 15 is 0 Å². The van der Waals surface area contributed by atoms with Crippen molar-refractivity contribution in [3.05, 3.63) is 33.1 Å². The van der Waals surface area contributed by atoms with E-state index in [1.54, 1.807) is 0 Å². The third kappa shape index (κ3) is 2.57. The molecule has 8 nitrogen and oxygen atoms in total. The minimum absolute atomic E-state index is 0.432. The first-order chi connectivity index (χ1) is 9.08. The number of ether oxygens (including phenoxy) is 1. The van der Waals surface area contributed by atoms with Crippen molar-refractivity contribution >= 4 is 11.8 Å². The maximum Gasteiger partial charge on any atom is 0.330 e. The van der Waals surface area contributed by atoms with Gasteiger partial charge in [-0.2, -0.15) is 5.26 Å². The molecule has 0 amide bonds. The van der Waals surface area contributed by atoms with Crippen LogP contribution in [0.15, 0.2) is 21.9 Å². The van der Waals surface area contributed by atoms with E-state index in [1.165, 1.54) is 6.20 Å². The number of thiocyanates is 1. The molecule has 0 radical (unpaired) electrons. The number of aromatic amines is 1. The van der Waals surface area contributed by atoms with E-state index in [4.69, 9.17) is 15.1 Å². The highest BCUT2D eigenvalue weighted by atomic mass is 32.2. The van der Waals surface area contributed by atoms with E-state index in [-0.39, 0.29) is 0 Å². The van der Waals surface area contributed by atoms with Crippen molar-refractivity contribution in [3.63, 3.8) is 0 Å². The molecule has 1 aliphatic rings. The van der Waals surface area contributed by atoms with Crippen LogP contribution in [0.1, 0.15) is 6.23 Å². The maximum absolute atomic E-state index is 11.7. The molecule has 1 fully saturated rings. The molecular formula is C10H11N3O5S. The van der Waals surface area contributed by atoms with Gasteiger partial charge in [-0.3, -0.25) is 14.3 Å². The van der Waals surface area contributed by atoms with Crippen LogP contribution < -0.4 is 11.2 Å². The van der Waals surface area contributed by atoms with E-state index in [0.717, 1.165) is 22.4 Å². The van der Waals surface area contributed by atoms with Crippen LogP contribution >= 0.6 is 11.8 Å². The Hall–Kier alpha value is -1.60. The van der Waals surface area contributed by atoms with Crippen LogP contribution in [0.3, 0.4) is 0 Å². The zero-order valence-electron chi connectivity index (χ0n) is 9.59. The summed E-state index contributed by atoms with van der Waals surface area (Å²) in [5.41, 5.74) is -1.25. The fourth-order valence-electron chi connectivity index (χ4n) is 1.91. The normalized spacial score (nSPS) is 30.2. The highest BCUT2D eigenvalue weighted by Crippen LogP contribution is 2.36. The fraction of sp³-hybridized carbons (Fsp3) is 0.500. The first kappa shape index (κ1) is 13.8. The lowest BCUT2D eigenvalue weighted by Gasteiger charge is -2.18.